The highest BCUT2D eigenvalue weighted by Gasteiger charge is 2.26. The number of rotatable bonds is 4. The van der Waals surface area contributed by atoms with Crippen LogP contribution in [0, 0.1) is 0 Å². The van der Waals surface area contributed by atoms with Crippen LogP contribution in [0.4, 0.5) is 0 Å². The van der Waals surface area contributed by atoms with Crippen molar-refractivity contribution in [3.8, 4) is 0 Å². The summed E-state index contributed by atoms with van der Waals surface area (Å²) in [4.78, 5) is 3.66. The summed E-state index contributed by atoms with van der Waals surface area (Å²) in [5.41, 5.74) is 0.847. The summed E-state index contributed by atoms with van der Waals surface area (Å²) in [5.74, 6) is 0.898. The Morgan fingerprint density at radius 3 is 2.75 bits per heavy atom. The van der Waals surface area contributed by atoms with E-state index >= 15 is 0 Å². The Bertz CT molecular complexity index is 619. The van der Waals surface area contributed by atoms with Gasteiger partial charge in [-0.15, -0.1) is 11.8 Å². The molecule has 1 aromatic rings. The van der Waals surface area contributed by atoms with Gasteiger partial charge >= 0.3 is 0 Å². The van der Waals surface area contributed by atoms with Crippen LogP contribution >= 0.6 is 11.8 Å². The fraction of sp³-hybridized carbons (Fsp3) is 0.429. The zero-order valence-corrected chi connectivity index (χ0v) is 12.8. The lowest BCUT2D eigenvalue weighted by Gasteiger charge is -2.26. The van der Waals surface area contributed by atoms with Gasteiger partial charge in [0.1, 0.15) is 0 Å². The lowest BCUT2D eigenvalue weighted by atomic mass is 10.2. The Balaban J connectivity index is 1.64. The monoisotopic (exact) mass is 311 g/mol. The Morgan fingerprint density at radius 2 is 1.95 bits per heavy atom. The van der Waals surface area contributed by atoms with Gasteiger partial charge in [0.25, 0.3) is 0 Å². The number of morpholine rings is 1. The molecule has 1 saturated heterocycles. The SMILES string of the molecule is O=S1(=O)C=C(SCCN2CCOCC2)c2ccccc21. The van der Waals surface area contributed by atoms with Crippen molar-refractivity contribution in [1.29, 1.82) is 0 Å². The van der Waals surface area contributed by atoms with Crippen molar-refractivity contribution < 1.29 is 13.2 Å². The van der Waals surface area contributed by atoms with Crippen LogP contribution in [0.5, 0.6) is 0 Å². The van der Waals surface area contributed by atoms with Crippen molar-refractivity contribution in [1.82, 2.24) is 4.90 Å². The molecule has 3 rings (SSSR count). The first-order valence-corrected chi connectivity index (χ1v) is 9.19. The van der Waals surface area contributed by atoms with Crippen LogP contribution in [0.2, 0.25) is 0 Å². The molecule has 2 aliphatic rings. The van der Waals surface area contributed by atoms with Crippen molar-refractivity contribution >= 4 is 26.5 Å². The molecule has 0 amide bonds. The average molecular weight is 311 g/mol. The molecule has 0 saturated carbocycles. The third-order valence-electron chi connectivity index (χ3n) is 3.49. The molecule has 2 heterocycles. The van der Waals surface area contributed by atoms with Gasteiger partial charge in [-0.3, -0.25) is 4.90 Å². The molecular weight excluding hydrogens is 294 g/mol. The second kappa shape index (κ2) is 5.89. The molecule has 0 unspecified atom stereocenters. The normalized spacial score (nSPS) is 21.5. The van der Waals surface area contributed by atoms with Crippen LogP contribution in [0.3, 0.4) is 0 Å². The quantitative estimate of drug-likeness (QED) is 0.849. The molecule has 108 valence electrons. The maximum absolute atomic E-state index is 12.0. The summed E-state index contributed by atoms with van der Waals surface area (Å²) in [7, 11) is -3.23. The fourth-order valence-corrected chi connectivity index (χ4v) is 5.32. The first kappa shape index (κ1) is 14.1. The van der Waals surface area contributed by atoms with Crippen molar-refractivity contribution in [2.45, 2.75) is 4.90 Å². The molecule has 1 fully saturated rings. The smallest absolute Gasteiger partial charge is 0.201 e. The maximum Gasteiger partial charge on any atom is 0.201 e. The third-order valence-corrected chi connectivity index (χ3v) is 6.19. The summed E-state index contributed by atoms with van der Waals surface area (Å²) >= 11 is 1.62. The van der Waals surface area contributed by atoms with Gasteiger partial charge in [-0.2, -0.15) is 0 Å². The molecule has 1 aromatic carbocycles. The van der Waals surface area contributed by atoms with Crippen LogP contribution < -0.4 is 0 Å². The van der Waals surface area contributed by atoms with Crippen LogP contribution in [-0.4, -0.2) is 51.9 Å². The van der Waals surface area contributed by atoms with Crippen molar-refractivity contribution in [2.24, 2.45) is 0 Å². The molecule has 0 atom stereocenters. The van der Waals surface area contributed by atoms with Crippen LogP contribution in [0.1, 0.15) is 5.56 Å². The van der Waals surface area contributed by atoms with E-state index in [2.05, 4.69) is 4.90 Å². The van der Waals surface area contributed by atoms with E-state index in [4.69, 9.17) is 4.74 Å². The second-order valence-electron chi connectivity index (χ2n) is 4.83. The van der Waals surface area contributed by atoms with Gasteiger partial charge in [0.2, 0.25) is 9.84 Å². The minimum absolute atomic E-state index is 0.439. The predicted octanol–water partition coefficient (Wildman–Crippen LogP) is 1.84. The van der Waals surface area contributed by atoms with Crippen molar-refractivity contribution in [2.75, 3.05) is 38.6 Å². The van der Waals surface area contributed by atoms with E-state index in [0.29, 0.717) is 4.90 Å². The van der Waals surface area contributed by atoms with Gasteiger partial charge in [-0.1, -0.05) is 18.2 Å². The average Bonchev–Trinajstić information content (AvgIpc) is 2.72. The Hall–Kier alpha value is -0.820. The number of hydrogen-bond acceptors (Lipinski definition) is 5. The molecular formula is C14H17NO3S2. The van der Waals surface area contributed by atoms with Crippen molar-refractivity contribution in [3.05, 3.63) is 35.2 Å². The molecule has 2 aliphatic heterocycles. The Labute approximate surface area is 123 Å². The number of nitrogens with zero attached hydrogens (tertiary/aromatic N) is 1. The van der Waals surface area contributed by atoms with Gasteiger partial charge in [-0.25, -0.2) is 8.42 Å². The first-order valence-electron chi connectivity index (χ1n) is 6.66. The van der Waals surface area contributed by atoms with Crippen LogP contribution in [-0.2, 0) is 14.6 Å². The summed E-state index contributed by atoms with van der Waals surface area (Å²) in [6.07, 6.45) is 0. The topological polar surface area (TPSA) is 46.6 Å². The molecule has 0 radical (unpaired) electrons. The zero-order chi connectivity index (χ0) is 14.0. The third kappa shape index (κ3) is 2.93. The van der Waals surface area contributed by atoms with E-state index in [-0.39, 0.29) is 0 Å². The summed E-state index contributed by atoms with van der Waals surface area (Å²) < 4.78 is 29.3. The number of fused-ring (bicyclic) bond motifs is 1. The molecule has 0 bridgehead atoms. The molecule has 4 nitrogen and oxygen atoms in total. The van der Waals surface area contributed by atoms with E-state index in [1.165, 1.54) is 5.41 Å². The highest BCUT2D eigenvalue weighted by atomic mass is 32.2. The van der Waals surface area contributed by atoms with Crippen molar-refractivity contribution in [3.63, 3.8) is 0 Å². The lowest BCUT2D eigenvalue weighted by molar-refractivity contribution is 0.0410. The Morgan fingerprint density at radius 1 is 1.20 bits per heavy atom. The van der Waals surface area contributed by atoms with Gasteiger partial charge in [0.05, 0.1) is 18.1 Å². The number of hydrogen-bond donors (Lipinski definition) is 0. The number of sulfone groups is 1. The number of benzene rings is 1. The van der Waals surface area contributed by atoms with E-state index in [1.807, 2.05) is 12.1 Å². The second-order valence-corrected chi connectivity index (χ2v) is 7.73. The summed E-state index contributed by atoms with van der Waals surface area (Å²) in [6.45, 7) is 4.49. The Kier molecular flexibility index (Phi) is 4.16. The van der Waals surface area contributed by atoms with Gasteiger partial charge in [0, 0.05) is 41.3 Å². The standard InChI is InChI=1S/C14H17NO3S2/c16-20(17)11-13(12-3-1-2-4-14(12)20)19-10-7-15-5-8-18-9-6-15/h1-4,11H,5-10H2. The molecule has 20 heavy (non-hydrogen) atoms. The first-order chi connectivity index (χ1) is 9.67. The van der Waals surface area contributed by atoms with E-state index < -0.39 is 9.84 Å². The van der Waals surface area contributed by atoms with Crippen LogP contribution in [0.15, 0.2) is 34.6 Å². The highest BCUT2D eigenvalue weighted by molar-refractivity contribution is 8.10. The summed E-state index contributed by atoms with van der Waals surface area (Å²) in [6, 6.07) is 7.21. The van der Waals surface area contributed by atoms with Crippen LogP contribution in [0.25, 0.3) is 4.91 Å². The van der Waals surface area contributed by atoms with E-state index in [0.717, 1.165) is 49.1 Å². The van der Waals surface area contributed by atoms with E-state index in [9.17, 15) is 8.42 Å². The predicted molar refractivity (Wildman–Crippen MR) is 81.3 cm³/mol. The number of ether oxygens (including phenoxy) is 1. The lowest BCUT2D eigenvalue weighted by Crippen LogP contribution is -2.37. The molecule has 6 heteroatoms. The summed E-state index contributed by atoms with van der Waals surface area (Å²) in [5, 5.41) is 1.40. The molecule has 0 spiro atoms. The minimum Gasteiger partial charge on any atom is -0.379 e. The zero-order valence-electron chi connectivity index (χ0n) is 11.1. The minimum atomic E-state index is -3.23. The van der Waals surface area contributed by atoms with E-state index in [1.54, 1.807) is 23.9 Å². The molecule has 0 N–H and O–H groups in total. The van der Waals surface area contributed by atoms with Gasteiger partial charge in [-0.05, 0) is 6.07 Å². The largest absolute Gasteiger partial charge is 0.379 e. The van der Waals surface area contributed by atoms with Gasteiger partial charge in [0.15, 0.2) is 0 Å². The molecule has 0 aliphatic carbocycles. The number of thioether (sulfide) groups is 1. The fourth-order valence-electron chi connectivity index (χ4n) is 2.41. The highest BCUT2D eigenvalue weighted by Crippen LogP contribution is 2.39. The van der Waals surface area contributed by atoms with Gasteiger partial charge < -0.3 is 4.74 Å². The molecule has 0 aromatic heterocycles. The maximum atomic E-state index is 12.0.